The van der Waals surface area contributed by atoms with Crippen molar-refractivity contribution in [2.75, 3.05) is 20.1 Å². The number of fused-ring (bicyclic) bond motifs is 1. The lowest BCUT2D eigenvalue weighted by atomic mass is 9.98. The Morgan fingerprint density at radius 3 is 2.90 bits per heavy atom. The van der Waals surface area contributed by atoms with Gasteiger partial charge in [0.1, 0.15) is 0 Å². The van der Waals surface area contributed by atoms with Gasteiger partial charge in [-0.15, -0.1) is 4.31 Å². The van der Waals surface area contributed by atoms with Gasteiger partial charge in [0.2, 0.25) is 4.21 Å². The van der Waals surface area contributed by atoms with E-state index in [0.29, 0.717) is 52.0 Å². The molecule has 1 saturated heterocycles. The summed E-state index contributed by atoms with van der Waals surface area (Å²) in [7, 11) is -1.93. The Hall–Kier alpha value is -2.14. The highest BCUT2D eigenvalue weighted by molar-refractivity contribution is 7.97. The zero-order valence-electron chi connectivity index (χ0n) is 15.8. The van der Waals surface area contributed by atoms with Crippen molar-refractivity contribution >= 4 is 38.7 Å². The van der Waals surface area contributed by atoms with Crippen molar-refractivity contribution in [1.29, 1.82) is 0 Å². The number of thiophene rings is 1. The van der Waals surface area contributed by atoms with Gasteiger partial charge in [0.25, 0.3) is 11.6 Å². The van der Waals surface area contributed by atoms with Crippen molar-refractivity contribution < 1.29 is 18.1 Å². The van der Waals surface area contributed by atoms with E-state index in [4.69, 9.17) is 4.52 Å². The number of rotatable bonds is 5. The average Bonchev–Trinajstić information content (AvgIpc) is 3.15. The minimum Gasteiger partial charge on any atom is -0.592 e. The maximum atomic E-state index is 12.8. The summed E-state index contributed by atoms with van der Waals surface area (Å²) in [5, 5.41) is 9.24. The number of carbonyl (C=O) groups is 1. The fourth-order valence-electron chi connectivity index (χ4n) is 3.88. The van der Waals surface area contributed by atoms with Crippen LogP contribution < -0.4 is 5.32 Å². The van der Waals surface area contributed by atoms with E-state index in [1.54, 1.807) is 24.6 Å². The highest BCUT2D eigenvalue weighted by atomic mass is 32.3. The Morgan fingerprint density at radius 1 is 1.38 bits per heavy atom. The van der Waals surface area contributed by atoms with Crippen molar-refractivity contribution in [3.63, 3.8) is 0 Å². The molecule has 1 N–H and O–H groups in total. The molecule has 2 aliphatic rings. The molecule has 4 heterocycles. The molecule has 1 amide bonds. The first-order valence-corrected chi connectivity index (χ1v) is 11.9. The topological polar surface area (TPSA) is 111 Å². The SMILES string of the molecule is CNC(=O)c1cc(C2CC2)nc2onc(C3CCN([S+](=O)([O-])c4cccs4)C3)c12. The second-order valence-corrected chi connectivity index (χ2v) is 10.6. The lowest BCUT2D eigenvalue weighted by Gasteiger charge is -2.21. The van der Waals surface area contributed by atoms with Crippen molar-refractivity contribution in [3.8, 4) is 0 Å². The second kappa shape index (κ2) is 6.98. The molecule has 8 nitrogen and oxygen atoms in total. The Morgan fingerprint density at radius 2 is 2.21 bits per heavy atom. The largest absolute Gasteiger partial charge is 0.592 e. The molecule has 0 spiro atoms. The van der Waals surface area contributed by atoms with Gasteiger partial charge in [-0.1, -0.05) is 20.7 Å². The van der Waals surface area contributed by atoms with E-state index in [9.17, 15) is 13.6 Å². The van der Waals surface area contributed by atoms with Crippen LogP contribution in [0.4, 0.5) is 0 Å². The third kappa shape index (κ3) is 3.20. The lowest BCUT2D eigenvalue weighted by Crippen LogP contribution is -2.33. The van der Waals surface area contributed by atoms with Crippen molar-refractivity contribution in [1.82, 2.24) is 19.8 Å². The first kappa shape index (κ1) is 18.9. The second-order valence-electron chi connectivity index (χ2n) is 7.48. The summed E-state index contributed by atoms with van der Waals surface area (Å²) in [6.45, 7) is 0.710. The van der Waals surface area contributed by atoms with Gasteiger partial charge in [0, 0.05) is 37.2 Å². The van der Waals surface area contributed by atoms with Crippen LogP contribution in [0, 0.1) is 0 Å². The molecule has 2 fully saturated rings. The molecule has 0 radical (unpaired) electrons. The molecule has 1 aliphatic carbocycles. The van der Waals surface area contributed by atoms with Gasteiger partial charge in [0.05, 0.1) is 23.2 Å². The summed E-state index contributed by atoms with van der Waals surface area (Å²) in [4.78, 5) is 17.1. The zero-order valence-corrected chi connectivity index (χ0v) is 17.4. The van der Waals surface area contributed by atoms with Gasteiger partial charge >= 0.3 is 0 Å². The van der Waals surface area contributed by atoms with Crippen LogP contribution in [0.3, 0.4) is 0 Å². The number of carbonyl (C=O) groups excluding carboxylic acids is 1. The highest BCUT2D eigenvalue weighted by Gasteiger charge is 2.40. The number of hydrogen-bond donors (Lipinski definition) is 1. The van der Waals surface area contributed by atoms with Gasteiger partial charge in [-0.25, -0.2) is 4.98 Å². The van der Waals surface area contributed by atoms with Gasteiger partial charge < -0.3 is 14.4 Å². The summed E-state index contributed by atoms with van der Waals surface area (Å²) in [6, 6.07) is 5.18. The number of sulfonamides is 1. The molecule has 1 saturated carbocycles. The van der Waals surface area contributed by atoms with Crippen LogP contribution in [0.1, 0.15) is 52.8 Å². The zero-order chi connectivity index (χ0) is 20.2. The summed E-state index contributed by atoms with van der Waals surface area (Å²) in [5.74, 6) is 0.00189. The normalized spacial score (nSPS) is 22.1. The van der Waals surface area contributed by atoms with Gasteiger partial charge in [-0.3, -0.25) is 4.79 Å². The van der Waals surface area contributed by atoms with Crippen LogP contribution in [0.2, 0.25) is 0 Å². The number of nitrogens with zero attached hydrogens (tertiary/aromatic N) is 3. The molecular formula is C19H20N4O4S2. The quantitative estimate of drug-likeness (QED) is 0.621. The average molecular weight is 433 g/mol. The van der Waals surface area contributed by atoms with E-state index in [0.717, 1.165) is 18.5 Å². The van der Waals surface area contributed by atoms with Crippen LogP contribution in [-0.2, 0) is 14.6 Å². The van der Waals surface area contributed by atoms with Crippen molar-refractivity contribution in [2.24, 2.45) is 0 Å². The molecule has 2 unspecified atom stereocenters. The van der Waals surface area contributed by atoms with E-state index < -0.39 is 10.4 Å². The summed E-state index contributed by atoms with van der Waals surface area (Å²) in [5.41, 5.74) is 2.31. The molecule has 152 valence electrons. The summed E-state index contributed by atoms with van der Waals surface area (Å²) in [6.07, 6.45) is 2.74. The number of nitrogens with one attached hydrogen (secondary N) is 1. The van der Waals surface area contributed by atoms with Crippen LogP contribution >= 0.6 is 11.3 Å². The van der Waals surface area contributed by atoms with E-state index >= 15 is 0 Å². The van der Waals surface area contributed by atoms with E-state index in [1.807, 2.05) is 6.07 Å². The predicted molar refractivity (Wildman–Crippen MR) is 108 cm³/mol. The molecule has 0 bridgehead atoms. The van der Waals surface area contributed by atoms with E-state index in [-0.39, 0.29) is 11.8 Å². The van der Waals surface area contributed by atoms with Gasteiger partial charge in [-0.05, 0) is 36.8 Å². The van der Waals surface area contributed by atoms with Gasteiger partial charge in [-0.2, -0.15) is 0 Å². The van der Waals surface area contributed by atoms with Crippen LogP contribution in [0.25, 0.3) is 11.1 Å². The maximum absolute atomic E-state index is 12.8. The van der Waals surface area contributed by atoms with Crippen LogP contribution in [0.5, 0.6) is 0 Å². The summed E-state index contributed by atoms with van der Waals surface area (Å²) >= 11 is 1.21. The molecule has 3 aromatic heterocycles. The van der Waals surface area contributed by atoms with E-state index in [1.165, 1.54) is 15.6 Å². The van der Waals surface area contributed by atoms with E-state index in [2.05, 4.69) is 15.5 Å². The molecule has 3 aromatic rings. The lowest BCUT2D eigenvalue weighted by molar-refractivity contribution is 0.0964. The number of pyridine rings is 1. The third-order valence-electron chi connectivity index (χ3n) is 5.59. The van der Waals surface area contributed by atoms with Crippen LogP contribution in [0.15, 0.2) is 32.3 Å². The monoisotopic (exact) mass is 432 g/mol. The Balaban J connectivity index is 1.51. The first-order valence-electron chi connectivity index (χ1n) is 9.55. The fraction of sp³-hybridized carbons (Fsp3) is 0.421. The summed E-state index contributed by atoms with van der Waals surface area (Å²) < 4.78 is 33.0. The highest BCUT2D eigenvalue weighted by Crippen LogP contribution is 2.42. The van der Waals surface area contributed by atoms with Crippen molar-refractivity contribution in [2.45, 2.75) is 35.3 Å². The number of hydrogen-bond acceptors (Lipinski definition) is 7. The van der Waals surface area contributed by atoms with Crippen molar-refractivity contribution in [3.05, 3.63) is 40.5 Å². The fourth-order valence-corrected chi connectivity index (χ4v) is 6.52. The Labute approximate surface area is 172 Å². The van der Waals surface area contributed by atoms with Crippen LogP contribution in [-0.4, -0.2) is 45.0 Å². The maximum Gasteiger partial charge on any atom is 0.259 e. The first-order chi connectivity index (χ1) is 14.0. The molecule has 10 heteroatoms. The number of amides is 1. The third-order valence-corrected chi connectivity index (χ3v) is 8.83. The minimum atomic E-state index is -3.51. The Bertz CT molecular complexity index is 1120. The standard InChI is InChI=1S/C19H20N4O4S2/c1-20-18(24)13-9-14(11-4-5-11)21-19-16(13)17(22-27-19)12-6-7-23(10-12)29(25,26)15-3-2-8-28-15/h2-3,8-9,11-12H,4-7,10H2,1H3,(H-,20,24,25,26). The number of aromatic nitrogens is 2. The predicted octanol–water partition coefficient (Wildman–Crippen LogP) is 2.91. The van der Waals surface area contributed by atoms with Gasteiger partial charge in [0.15, 0.2) is 10.4 Å². The molecule has 29 heavy (non-hydrogen) atoms. The molecule has 2 atom stereocenters. The molecule has 1 aliphatic heterocycles. The minimum absolute atomic E-state index is 0.150. The molecule has 0 aromatic carbocycles. The molecular weight excluding hydrogens is 412 g/mol. The molecule has 5 rings (SSSR count). The smallest absolute Gasteiger partial charge is 0.259 e. The Kier molecular flexibility index (Phi) is 4.54.